The van der Waals surface area contributed by atoms with E-state index in [-0.39, 0.29) is 23.8 Å². The number of amides is 1. The fourth-order valence-electron chi connectivity index (χ4n) is 4.16. The number of hydrogen-bond acceptors (Lipinski definition) is 4. The smallest absolute Gasteiger partial charge is 0.262 e. The highest BCUT2D eigenvalue weighted by atomic mass is 16.2. The van der Waals surface area contributed by atoms with Gasteiger partial charge in [0.15, 0.2) is 5.78 Å². The number of aromatic nitrogens is 2. The van der Waals surface area contributed by atoms with E-state index in [9.17, 15) is 14.4 Å². The lowest BCUT2D eigenvalue weighted by Crippen LogP contribution is -2.35. The zero-order chi connectivity index (χ0) is 21.7. The summed E-state index contributed by atoms with van der Waals surface area (Å²) in [5, 5.41) is 3.41. The van der Waals surface area contributed by atoms with E-state index in [1.54, 1.807) is 13.0 Å². The van der Waals surface area contributed by atoms with Gasteiger partial charge in [-0.3, -0.25) is 19.0 Å². The van der Waals surface area contributed by atoms with Crippen LogP contribution in [0.15, 0.2) is 35.1 Å². The van der Waals surface area contributed by atoms with Crippen molar-refractivity contribution >= 4 is 22.6 Å². The fourth-order valence-corrected chi connectivity index (χ4v) is 4.16. The topological polar surface area (TPSA) is 81.1 Å². The molecule has 1 unspecified atom stereocenters. The molecule has 1 aliphatic carbocycles. The van der Waals surface area contributed by atoms with E-state index in [0.717, 1.165) is 43.2 Å². The van der Waals surface area contributed by atoms with Crippen molar-refractivity contribution in [3.05, 3.63) is 52.1 Å². The highest BCUT2D eigenvalue weighted by Gasteiger charge is 2.28. The molecule has 1 amide bonds. The van der Waals surface area contributed by atoms with Crippen molar-refractivity contribution in [2.24, 2.45) is 0 Å². The monoisotopic (exact) mass is 409 g/mol. The molecule has 160 valence electrons. The first kappa shape index (κ1) is 21.9. The Bertz CT molecular complexity index is 1020. The molecule has 0 aliphatic heterocycles. The van der Waals surface area contributed by atoms with Gasteiger partial charge in [-0.1, -0.05) is 50.5 Å². The van der Waals surface area contributed by atoms with Crippen LogP contribution in [-0.4, -0.2) is 21.2 Å². The molecule has 1 aromatic carbocycles. The van der Waals surface area contributed by atoms with E-state index in [1.165, 1.54) is 4.57 Å². The molecule has 0 bridgehead atoms. The van der Waals surface area contributed by atoms with Gasteiger partial charge >= 0.3 is 0 Å². The first-order valence-electron chi connectivity index (χ1n) is 10.9. The van der Waals surface area contributed by atoms with Gasteiger partial charge in [-0.05, 0) is 37.8 Å². The normalized spacial score (nSPS) is 16.8. The van der Waals surface area contributed by atoms with Crippen molar-refractivity contribution in [2.45, 2.75) is 77.8 Å². The van der Waals surface area contributed by atoms with Crippen LogP contribution in [0.1, 0.15) is 75.7 Å². The molecular weight excluding hydrogens is 378 g/mol. The lowest BCUT2D eigenvalue weighted by Gasteiger charge is -2.26. The Balaban J connectivity index is 1.86. The Morgan fingerprint density at radius 2 is 2.07 bits per heavy atom. The van der Waals surface area contributed by atoms with Crippen LogP contribution >= 0.6 is 0 Å². The quantitative estimate of drug-likeness (QED) is 0.525. The maximum atomic E-state index is 13.4. The second kappa shape index (κ2) is 9.83. The van der Waals surface area contributed by atoms with Gasteiger partial charge in [0.25, 0.3) is 5.56 Å². The first-order valence-corrected chi connectivity index (χ1v) is 10.9. The Hall–Kier alpha value is -2.76. The zero-order valence-corrected chi connectivity index (χ0v) is 18.0. The van der Waals surface area contributed by atoms with Crippen LogP contribution in [0, 0.1) is 6.92 Å². The summed E-state index contributed by atoms with van der Waals surface area (Å²) in [6, 6.07) is 4.99. The van der Waals surface area contributed by atoms with Crippen molar-refractivity contribution in [3.8, 4) is 0 Å². The van der Waals surface area contributed by atoms with E-state index in [0.29, 0.717) is 36.0 Å². The summed E-state index contributed by atoms with van der Waals surface area (Å²) in [7, 11) is 0. The van der Waals surface area contributed by atoms with Crippen LogP contribution < -0.4 is 10.9 Å². The van der Waals surface area contributed by atoms with Gasteiger partial charge in [0.2, 0.25) is 5.91 Å². The Labute approximate surface area is 177 Å². The SMILES string of the molecule is C=C1CCC(n2c(C)nc3cccc(CNC(=O)CCCCCC)c3c2=O)C(=O)C1. The third-order valence-electron chi connectivity index (χ3n) is 5.80. The summed E-state index contributed by atoms with van der Waals surface area (Å²) >= 11 is 0. The number of rotatable bonds is 8. The molecule has 3 rings (SSSR count). The van der Waals surface area contributed by atoms with Crippen molar-refractivity contribution in [1.29, 1.82) is 0 Å². The lowest BCUT2D eigenvalue weighted by atomic mass is 9.90. The molecule has 1 aliphatic rings. The number of aryl methyl sites for hydroxylation is 1. The van der Waals surface area contributed by atoms with Gasteiger partial charge in [0, 0.05) is 19.4 Å². The summed E-state index contributed by atoms with van der Waals surface area (Å²) in [5.41, 5.74) is 2.03. The molecule has 1 N–H and O–H groups in total. The summed E-state index contributed by atoms with van der Waals surface area (Å²) in [6.45, 7) is 8.09. The molecule has 1 fully saturated rings. The summed E-state index contributed by atoms with van der Waals surface area (Å²) < 4.78 is 1.53. The predicted octanol–water partition coefficient (Wildman–Crippen LogP) is 4.14. The maximum Gasteiger partial charge on any atom is 0.262 e. The number of Topliss-reactive ketones (excluding diaryl/α,β-unsaturated/α-hetero) is 1. The molecule has 1 aromatic heterocycles. The van der Waals surface area contributed by atoms with Crippen molar-refractivity contribution in [3.63, 3.8) is 0 Å². The minimum atomic E-state index is -0.499. The second-order valence-corrected chi connectivity index (χ2v) is 8.18. The molecule has 6 heteroatoms. The summed E-state index contributed by atoms with van der Waals surface area (Å²) in [6.07, 6.45) is 6.30. The second-order valence-electron chi connectivity index (χ2n) is 8.18. The number of nitrogens with one attached hydrogen (secondary N) is 1. The van der Waals surface area contributed by atoms with Crippen LogP contribution in [0.2, 0.25) is 0 Å². The number of benzene rings is 1. The van der Waals surface area contributed by atoms with Crippen LogP contribution in [0.3, 0.4) is 0 Å². The number of carbonyl (C=O) groups excluding carboxylic acids is 2. The Morgan fingerprint density at radius 3 is 2.80 bits per heavy atom. The van der Waals surface area contributed by atoms with Gasteiger partial charge in [0.1, 0.15) is 5.82 Å². The van der Waals surface area contributed by atoms with Crippen LogP contribution in [0.5, 0.6) is 0 Å². The maximum absolute atomic E-state index is 13.4. The van der Waals surface area contributed by atoms with E-state index in [4.69, 9.17) is 0 Å². The molecule has 30 heavy (non-hydrogen) atoms. The molecule has 1 atom stereocenters. The average molecular weight is 410 g/mol. The number of fused-ring (bicyclic) bond motifs is 1. The molecule has 1 saturated carbocycles. The van der Waals surface area contributed by atoms with Gasteiger partial charge < -0.3 is 5.32 Å². The largest absolute Gasteiger partial charge is 0.352 e. The number of hydrogen-bond donors (Lipinski definition) is 1. The first-order chi connectivity index (χ1) is 14.4. The third-order valence-corrected chi connectivity index (χ3v) is 5.80. The average Bonchev–Trinajstić information content (AvgIpc) is 2.71. The highest BCUT2D eigenvalue weighted by molar-refractivity contribution is 5.87. The third kappa shape index (κ3) is 4.86. The number of unbranched alkanes of at least 4 members (excludes halogenated alkanes) is 3. The van der Waals surface area contributed by atoms with E-state index >= 15 is 0 Å². The van der Waals surface area contributed by atoms with E-state index in [1.807, 2.05) is 12.1 Å². The van der Waals surface area contributed by atoms with Gasteiger partial charge in [-0.2, -0.15) is 0 Å². The summed E-state index contributed by atoms with van der Waals surface area (Å²) in [4.78, 5) is 42.8. The number of carbonyl (C=O) groups is 2. The van der Waals surface area contributed by atoms with Crippen LogP contribution in [0.25, 0.3) is 10.9 Å². The highest BCUT2D eigenvalue weighted by Crippen LogP contribution is 2.28. The van der Waals surface area contributed by atoms with E-state index in [2.05, 4.69) is 23.8 Å². The zero-order valence-electron chi connectivity index (χ0n) is 18.0. The molecule has 6 nitrogen and oxygen atoms in total. The standard InChI is InChI=1S/C24H31N3O3/c1-4-5-6-7-11-22(29)25-15-18-9-8-10-19-23(18)24(30)27(17(3)26-19)20-13-12-16(2)14-21(20)28/h8-10,20H,2,4-7,11-15H2,1,3H3,(H,25,29). The number of ketones is 1. The fraction of sp³-hybridized carbons (Fsp3) is 0.500. The number of allylic oxidation sites excluding steroid dienone is 1. The van der Waals surface area contributed by atoms with E-state index < -0.39 is 6.04 Å². The molecular formula is C24H31N3O3. The van der Waals surface area contributed by atoms with Crippen molar-refractivity contribution in [1.82, 2.24) is 14.9 Å². The Kier molecular flexibility index (Phi) is 7.19. The van der Waals surface area contributed by atoms with Gasteiger partial charge in [-0.15, -0.1) is 0 Å². The minimum Gasteiger partial charge on any atom is -0.352 e. The number of nitrogens with zero attached hydrogens (tertiary/aromatic N) is 2. The minimum absolute atomic E-state index is 0.00969. The van der Waals surface area contributed by atoms with Crippen LogP contribution in [0.4, 0.5) is 0 Å². The van der Waals surface area contributed by atoms with Crippen LogP contribution in [-0.2, 0) is 16.1 Å². The van der Waals surface area contributed by atoms with Gasteiger partial charge in [0.05, 0.1) is 16.9 Å². The molecule has 2 aromatic rings. The molecule has 0 saturated heterocycles. The molecule has 0 radical (unpaired) electrons. The predicted molar refractivity (Wildman–Crippen MR) is 118 cm³/mol. The Morgan fingerprint density at radius 1 is 1.27 bits per heavy atom. The van der Waals surface area contributed by atoms with Gasteiger partial charge in [-0.25, -0.2) is 4.98 Å². The summed E-state index contributed by atoms with van der Waals surface area (Å²) in [5.74, 6) is 0.537. The van der Waals surface area contributed by atoms with Crippen molar-refractivity contribution < 1.29 is 9.59 Å². The lowest BCUT2D eigenvalue weighted by molar-refractivity contribution is -0.123. The molecule has 0 spiro atoms. The molecule has 1 heterocycles. The van der Waals surface area contributed by atoms with Crippen molar-refractivity contribution in [2.75, 3.05) is 0 Å².